The van der Waals surface area contributed by atoms with Crippen LogP contribution in [0.5, 0.6) is 0 Å². The van der Waals surface area contributed by atoms with E-state index in [-0.39, 0.29) is 23.5 Å². The van der Waals surface area contributed by atoms with Gasteiger partial charge in [0.25, 0.3) is 5.91 Å². The minimum Gasteiger partial charge on any atom is -0.465 e. The fourth-order valence-electron chi connectivity index (χ4n) is 2.83. The van der Waals surface area contributed by atoms with E-state index < -0.39 is 23.7 Å². The molecule has 10 heteroatoms. The van der Waals surface area contributed by atoms with Crippen LogP contribution in [0.25, 0.3) is 6.08 Å². The van der Waals surface area contributed by atoms with Gasteiger partial charge in [-0.2, -0.15) is 0 Å². The number of carbonyl (C=O) groups is 4. The van der Waals surface area contributed by atoms with Gasteiger partial charge in [-0.15, -0.1) is 0 Å². The zero-order valence-corrected chi connectivity index (χ0v) is 17.3. The van der Waals surface area contributed by atoms with Gasteiger partial charge in [0.15, 0.2) is 0 Å². The Labute approximate surface area is 182 Å². The second-order valence-corrected chi connectivity index (χ2v) is 6.89. The van der Waals surface area contributed by atoms with Crippen molar-refractivity contribution in [2.24, 2.45) is 0 Å². The van der Waals surface area contributed by atoms with E-state index in [0.29, 0.717) is 22.2 Å². The summed E-state index contributed by atoms with van der Waals surface area (Å²) in [4.78, 5) is 48.0. The first-order valence-corrected chi connectivity index (χ1v) is 9.42. The second kappa shape index (κ2) is 9.31. The Kier molecular flexibility index (Phi) is 6.56. The minimum atomic E-state index is -0.863. The first kappa shape index (κ1) is 21.8. The molecule has 1 aliphatic heterocycles. The number of benzene rings is 1. The number of nitrogens with one attached hydrogen (secondary N) is 3. The van der Waals surface area contributed by atoms with Gasteiger partial charge in [-0.05, 0) is 43.3 Å². The number of carbonyl (C=O) groups excluding carboxylic acids is 4. The fourth-order valence-corrected chi connectivity index (χ4v) is 3.02. The molecule has 0 fully saturated rings. The van der Waals surface area contributed by atoms with Crippen LogP contribution in [0, 0.1) is 0 Å². The van der Waals surface area contributed by atoms with Gasteiger partial charge < -0.3 is 25.1 Å². The first-order chi connectivity index (χ1) is 14.8. The van der Waals surface area contributed by atoms with Crippen molar-refractivity contribution in [1.82, 2.24) is 10.6 Å². The molecule has 1 aliphatic rings. The first-order valence-electron chi connectivity index (χ1n) is 9.04. The van der Waals surface area contributed by atoms with Crippen molar-refractivity contribution in [3.8, 4) is 0 Å². The van der Waals surface area contributed by atoms with Crippen LogP contribution < -0.4 is 16.0 Å². The molecule has 0 bridgehead atoms. The summed E-state index contributed by atoms with van der Waals surface area (Å²) in [6, 6.07) is 9.53. The summed E-state index contributed by atoms with van der Waals surface area (Å²) in [5, 5.41) is 7.84. The van der Waals surface area contributed by atoms with E-state index in [9.17, 15) is 19.2 Å². The summed E-state index contributed by atoms with van der Waals surface area (Å²) in [6.45, 7) is 1.53. The molecular formula is C21H18ClN3O6. The normalized spacial score (nSPS) is 14.4. The molecule has 0 saturated carbocycles. The third-order valence-electron chi connectivity index (χ3n) is 4.26. The number of methoxy groups -OCH3 is 1. The van der Waals surface area contributed by atoms with Crippen LogP contribution in [0.2, 0.25) is 5.02 Å². The van der Waals surface area contributed by atoms with Crippen molar-refractivity contribution in [1.29, 1.82) is 0 Å². The van der Waals surface area contributed by atoms with E-state index in [1.54, 1.807) is 37.3 Å². The summed E-state index contributed by atoms with van der Waals surface area (Å²) < 4.78 is 10.3. The van der Waals surface area contributed by atoms with Gasteiger partial charge in [0.05, 0.1) is 24.8 Å². The summed E-state index contributed by atoms with van der Waals surface area (Å²) in [5.74, 6) is -2.20. The Balaban J connectivity index is 1.63. The molecule has 1 aromatic carbocycles. The Morgan fingerprint density at radius 3 is 2.68 bits per heavy atom. The number of hydrogen-bond acceptors (Lipinski definition) is 6. The largest absolute Gasteiger partial charge is 0.465 e. The van der Waals surface area contributed by atoms with Crippen LogP contribution in [0.4, 0.5) is 5.69 Å². The predicted molar refractivity (Wildman–Crippen MR) is 111 cm³/mol. The molecule has 3 amide bonds. The number of amides is 3. The zero-order valence-electron chi connectivity index (χ0n) is 16.6. The molecule has 2 aromatic rings. The van der Waals surface area contributed by atoms with Crippen LogP contribution >= 0.6 is 11.6 Å². The number of esters is 1. The highest BCUT2D eigenvalue weighted by molar-refractivity contribution is 6.39. The molecule has 0 unspecified atom stereocenters. The van der Waals surface area contributed by atoms with Crippen molar-refractivity contribution < 1.29 is 28.3 Å². The van der Waals surface area contributed by atoms with Crippen molar-refractivity contribution >= 4 is 47.1 Å². The number of hydrogen-bond donors (Lipinski definition) is 3. The monoisotopic (exact) mass is 443 g/mol. The standard InChI is InChI=1S/C21H18ClN3O6/c1-11-17(21(29)30-2)16(18(26)24-11)9-14-6-7-15(31-14)10-23-19(27)20(28)25-13-5-3-4-12(22)8-13/h3-9H,10H2,1-2H3,(H,23,27)(H,24,26)(H,25,28)/b16-9-. The lowest BCUT2D eigenvalue weighted by atomic mass is 10.1. The fraction of sp³-hybridized carbons (Fsp3) is 0.143. The molecule has 3 rings (SSSR count). The molecule has 0 radical (unpaired) electrons. The van der Waals surface area contributed by atoms with Crippen LogP contribution in [0.3, 0.4) is 0 Å². The maximum atomic E-state index is 12.1. The van der Waals surface area contributed by atoms with Gasteiger partial charge in [0, 0.05) is 16.4 Å². The van der Waals surface area contributed by atoms with Crippen molar-refractivity contribution in [2.75, 3.05) is 12.4 Å². The van der Waals surface area contributed by atoms with Gasteiger partial charge in [0.1, 0.15) is 11.5 Å². The molecule has 3 N–H and O–H groups in total. The van der Waals surface area contributed by atoms with E-state index in [2.05, 4.69) is 16.0 Å². The SMILES string of the molecule is COC(=O)C1=C(C)NC(=O)/C1=C\c1ccc(CNC(=O)C(=O)Nc2cccc(Cl)c2)o1. The van der Waals surface area contributed by atoms with Crippen molar-refractivity contribution in [3.05, 3.63) is 69.8 Å². The van der Waals surface area contributed by atoms with Gasteiger partial charge in [0.2, 0.25) is 0 Å². The summed E-state index contributed by atoms with van der Waals surface area (Å²) in [7, 11) is 1.22. The molecule has 1 aromatic heterocycles. The maximum absolute atomic E-state index is 12.1. The lowest BCUT2D eigenvalue weighted by Gasteiger charge is -2.05. The summed E-state index contributed by atoms with van der Waals surface area (Å²) in [5.41, 5.74) is 0.999. The van der Waals surface area contributed by atoms with E-state index >= 15 is 0 Å². The molecule has 9 nitrogen and oxygen atoms in total. The highest BCUT2D eigenvalue weighted by atomic mass is 35.5. The number of ether oxygens (including phenoxy) is 1. The molecule has 2 heterocycles. The summed E-state index contributed by atoms with van der Waals surface area (Å²) in [6.07, 6.45) is 1.40. The van der Waals surface area contributed by atoms with Crippen molar-refractivity contribution in [2.45, 2.75) is 13.5 Å². The van der Waals surface area contributed by atoms with Crippen LogP contribution in [-0.2, 0) is 30.5 Å². The van der Waals surface area contributed by atoms with E-state index in [1.165, 1.54) is 19.3 Å². The van der Waals surface area contributed by atoms with Gasteiger partial charge in [-0.1, -0.05) is 17.7 Å². The van der Waals surface area contributed by atoms with Crippen LogP contribution in [0.1, 0.15) is 18.4 Å². The third kappa shape index (κ3) is 5.20. The van der Waals surface area contributed by atoms with E-state index in [4.69, 9.17) is 20.8 Å². The Hall–Kier alpha value is -3.85. The van der Waals surface area contributed by atoms with Gasteiger partial charge in [-0.25, -0.2) is 4.79 Å². The highest BCUT2D eigenvalue weighted by Crippen LogP contribution is 2.25. The number of rotatable bonds is 5. The zero-order chi connectivity index (χ0) is 22.5. The minimum absolute atomic E-state index is 0.0596. The molecule has 0 aliphatic carbocycles. The molecule has 160 valence electrons. The quantitative estimate of drug-likeness (QED) is 0.369. The topological polar surface area (TPSA) is 127 Å². The molecule has 0 saturated heterocycles. The van der Waals surface area contributed by atoms with Gasteiger partial charge >= 0.3 is 17.8 Å². The van der Waals surface area contributed by atoms with E-state index in [1.807, 2.05) is 0 Å². The highest BCUT2D eigenvalue weighted by Gasteiger charge is 2.31. The Bertz CT molecular complexity index is 1130. The van der Waals surface area contributed by atoms with E-state index in [0.717, 1.165) is 0 Å². The molecular weight excluding hydrogens is 426 g/mol. The predicted octanol–water partition coefficient (Wildman–Crippen LogP) is 2.15. The average molecular weight is 444 g/mol. The third-order valence-corrected chi connectivity index (χ3v) is 4.50. The van der Waals surface area contributed by atoms with Gasteiger partial charge in [-0.3, -0.25) is 14.4 Å². The Morgan fingerprint density at radius 2 is 1.97 bits per heavy atom. The molecule has 31 heavy (non-hydrogen) atoms. The molecule has 0 spiro atoms. The smallest absolute Gasteiger partial charge is 0.340 e. The average Bonchev–Trinajstić information content (AvgIpc) is 3.29. The van der Waals surface area contributed by atoms with Crippen LogP contribution in [-0.4, -0.2) is 30.8 Å². The Morgan fingerprint density at radius 1 is 1.19 bits per heavy atom. The lowest BCUT2D eigenvalue weighted by molar-refractivity contribution is -0.136. The number of allylic oxidation sites excluding steroid dienone is 1. The number of halogens is 1. The number of anilines is 1. The lowest BCUT2D eigenvalue weighted by Crippen LogP contribution is -2.34. The van der Waals surface area contributed by atoms with Crippen LogP contribution in [0.15, 0.2) is 57.7 Å². The maximum Gasteiger partial charge on any atom is 0.340 e. The molecule has 0 atom stereocenters. The second-order valence-electron chi connectivity index (χ2n) is 6.45. The van der Waals surface area contributed by atoms with Crippen molar-refractivity contribution in [3.63, 3.8) is 0 Å². The summed E-state index contributed by atoms with van der Waals surface area (Å²) >= 11 is 5.84. The number of furan rings is 1.